The molecule has 2 nitrogen and oxygen atoms in total. The van der Waals surface area contributed by atoms with Gasteiger partial charge in [-0.15, -0.1) is 11.8 Å². The molecule has 0 fully saturated rings. The van der Waals surface area contributed by atoms with Crippen molar-refractivity contribution in [3.8, 4) is 0 Å². The third kappa shape index (κ3) is 3.17. The molecule has 0 radical (unpaired) electrons. The van der Waals surface area contributed by atoms with Gasteiger partial charge in [0.2, 0.25) is 0 Å². The molecule has 1 N–H and O–H groups in total. The lowest BCUT2D eigenvalue weighted by molar-refractivity contribution is 1.02. The van der Waals surface area contributed by atoms with E-state index in [1.54, 1.807) is 24.0 Å². The first-order valence-corrected chi connectivity index (χ1v) is 6.86. The molecule has 82 valence electrons. The molecule has 0 atom stereocenters. The van der Waals surface area contributed by atoms with Crippen molar-refractivity contribution in [1.82, 2.24) is 9.97 Å². The van der Waals surface area contributed by atoms with Crippen LogP contribution in [0.4, 0.5) is 0 Å². The van der Waals surface area contributed by atoms with Crippen molar-refractivity contribution < 1.29 is 0 Å². The highest BCUT2D eigenvalue weighted by Gasteiger charge is 2.00. The minimum atomic E-state index is 0.720. The maximum Gasteiger partial charge on any atom is 0.117 e. The molecule has 16 heavy (non-hydrogen) atoms. The Hall–Kier alpha value is -0.650. The number of aromatic amines is 1. The number of aromatic nitrogens is 2. The van der Waals surface area contributed by atoms with Crippen LogP contribution in [0.25, 0.3) is 0 Å². The Morgan fingerprint density at radius 2 is 2.12 bits per heavy atom. The highest BCUT2D eigenvalue weighted by molar-refractivity contribution is 9.10. The molecule has 0 unspecified atom stereocenters. The van der Waals surface area contributed by atoms with Crippen LogP contribution in [0.1, 0.15) is 5.82 Å². The van der Waals surface area contributed by atoms with E-state index in [2.05, 4.69) is 32.0 Å². The molecule has 2 rings (SSSR count). The van der Waals surface area contributed by atoms with Crippen molar-refractivity contribution >= 4 is 39.9 Å². The summed E-state index contributed by atoms with van der Waals surface area (Å²) in [7, 11) is 0. The van der Waals surface area contributed by atoms with E-state index >= 15 is 0 Å². The van der Waals surface area contributed by atoms with Crippen LogP contribution in [0, 0.1) is 4.64 Å². The molecular weight excluding hydrogens is 304 g/mol. The number of benzene rings is 1. The summed E-state index contributed by atoms with van der Waals surface area (Å²) in [5, 5.41) is 0. The first-order valence-electron chi connectivity index (χ1n) is 4.67. The Morgan fingerprint density at radius 3 is 2.88 bits per heavy atom. The zero-order chi connectivity index (χ0) is 11.4. The topological polar surface area (TPSA) is 28.7 Å². The maximum atomic E-state index is 5.04. The van der Waals surface area contributed by atoms with Gasteiger partial charge in [-0.3, -0.25) is 0 Å². The van der Waals surface area contributed by atoms with E-state index in [9.17, 15) is 0 Å². The zero-order valence-electron chi connectivity index (χ0n) is 8.31. The lowest BCUT2D eigenvalue weighted by Gasteiger charge is -2.03. The highest BCUT2D eigenvalue weighted by Crippen LogP contribution is 2.28. The van der Waals surface area contributed by atoms with Crippen LogP contribution >= 0.6 is 39.9 Å². The molecule has 0 saturated heterocycles. The van der Waals surface area contributed by atoms with Crippen LogP contribution in [-0.2, 0) is 5.75 Å². The molecule has 0 aliphatic heterocycles. The first-order chi connectivity index (χ1) is 7.75. The van der Waals surface area contributed by atoms with Gasteiger partial charge < -0.3 is 4.98 Å². The standard InChI is InChI=1S/C11H9BrN2S2/c12-8-3-1-2-4-9(8)16-7-10-13-6-5-11(15)14-10/h1-6H,7H2,(H,13,14,15). The smallest absolute Gasteiger partial charge is 0.117 e. The van der Waals surface area contributed by atoms with Gasteiger partial charge in [0.25, 0.3) is 0 Å². The van der Waals surface area contributed by atoms with Crippen molar-refractivity contribution in [2.24, 2.45) is 0 Å². The van der Waals surface area contributed by atoms with Crippen LogP contribution in [0.3, 0.4) is 0 Å². The lowest BCUT2D eigenvalue weighted by atomic mass is 10.4. The summed E-state index contributed by atoms with van der Waals surface area (Å²) in [5.41, 5.74) is 0. The van der Waals surface area contributed by atoms with Crippen molar-refractivity contribution in [2.75, 3.05) is 0 Å². The normalized spacial score (nSPS) is 10.3. The number of nitrogens with zero attached hydrogens (tertiary/aromatic N) is 1. The molecule has 0 amide bonds. The third-order valence-electron chi connectivity index (χ3n) is 1.92. The van der Waals surface area contributed by atoms with E-state index in [1.165, 1.54) is 4.90 Å². The molecule has 0 aliphatic carbocycles. The van der Waals surface area contributed by atoms with Crippen molar-refractivity contribution in [2.45, 2.75) is 10.6 Å². The molecule has 2 aromatic rings. The number of halogens is 1. The monoisotopic (exact) mass is 312 g/mol. The molecule has 0 spiro atoms. The summed E-state index contributed by atoms with van der Waals surface area (Å²) in [4.78, 5) is 8.49. The highest BCUT2D eigenvalue weighted by atomic mass is 79.9. The summed E-state index contributed by atoms with van der Waals surface area (Å²) in [6.07, 6.45) is 1.73. The van der Waals surface area contributed by atoms with Crippen LogP contribution in [0.15, 0.2) is 45.9 Å². The van der Waals surface area contributed by atoms with Gasteiger partial charge in [0.15, 0.2) is 0 Å². The van der Waals surface area contributed by atoms with Crippen molar-refractivity contribution in [1.29, 1.82) is 0 Å². The Balaban J connectivity index is 2.08. The second-order valence-electron chi connectivity index (χ2n) is 3.10. The van der Waals surface area contributed by atoms with Gasteiger partial charge >= 0.3 is 0 Å². The molecule has 1 aromatic heterocycles. The number of hydrogen-bond acceptors (Lipinski definition) is 3. The van der Waals surface area contributed by atoms with Gasteiger partial charge in [0, 0.05) is 15.6 Å². The Bertz CT molecular complexity index is 539. The molecule has 5 heteroatoms. The molecule has 0 saturated carbocycles. The first kappa shape index (κ1) is 11.8. The number of hydrogen-bond donors (Lipinski definition) is 1. The molecule has 1 heterocycles. The van der Waals surface area contributed by atoms with Crippen LogP contribution in [-0.4, -0.2) is 9.97 Å². The molecule has 0 aliphatic rings. The Morgan fingerprint density at radius 1 is 1.31 bits per heavy atom. The average Bonchev–Trinajstić information content (AvgIpc) is 2.28. The summed E-state index contributed by atoms with van der Waals surface area (Å²) in [6.45, 7) is 0. The minimum Gasteiger partial charge on any atom is -0.334 e. The fourth-order valence-corrected chi connectivity index (χ4v) is 2.82. The van der Waals surface area contributed by atoms with Crippen molar-refractivity contribution in [3.05, 3.63) is 51.5 Å². The predicted octanol–water partition coefficient (Wildman–Crippen LogP) is 4.19. The van der Waals surface area contributed by atoms with Gasteiger partial charge in [-0.1, -0.05) is 24.4 Å². The third-order valence-corrected chi connectivity index (χ3v) is 4.20. The summed E-state index contributed by atoms with van der Waals surface area (Å²) in [5.74, 6) is 1.68. The predicted molar refractivity (Wildman–Crippen MR) is 73.1 cm³/mol. The second kappa shape index (κ2) is 5.61. The number of thioether (sulfide) groups is 1. The largest absolute Gasteiger partial charge is 0.334 e. The van der Waals surface area contributed by atoms with Crippen LogP contribution in [0.2, 0.25) is 0 Å². The number of nitrogens with one attached hydrogen (secondary N) is 1. The SMILES string of the molecule is S=c1ccnc(CSc2ccccc2Br)[nH]1. The molecule has 0 bridgehead atoms. The fraction of sp³-hybridized carbons (Fsp3) is 0.0909. The van der Waals surface area contributed by atoms with Gasteiger partial charge in [0.1, 0.15) is 10.5 Å². The van der Waals surface area contributed by atoms with E-state index in [4.69, 9.17) is 12.2 Å². The quantitative estimate of drug-likeness (QED) is 0.680. The second-order valence-corrected chi connectivity index (χ2v) is 5.41. The van der Waals surface area contributed by atoms with Crippen molar-refractivity contribution in [3.63, 3.8) is 0 Å². The van der Waals surface area contributed by atoms with E-state index in [1.807, 2.05) is 18.2 Å². The lowest BCUT2D eigenvalue weighted by Crippen LogP contribution is -1.91. The van der Waals surface area contributed by atoms with Gasteiger partial charge in [-0.2, -0.15) is 0 Å². The summed E-state index contributed by atoms with van der Waals surface area (Å²) < 4.78 is 1.83. The Kier molecular flexibility index (Phi) is 4.15. The van der Waals surface area contributed by atoms with E-state index in [-0.39, 0.29) is 0 Å². The van der Waals surface area contributed by atoms with Gasteiger partial charge in [-0.25, -0.2) is 4.98 Å². The Labute approximate surface area is 112 Å². The summed E-state index contributed by atoms with van der Waals surface area (Å²) >= 11 is 10.3. The fourth-order valence-electron chi connectivity index (χ4n) is 1.19. The molecule has 1 aromatic carbocycles. The van der Waals surface area contributed by atoms with E-state index < -0.39 is 0 Å². The molecular formula is C11H9BrN2S2. The average molecular weight is 313 g/mol. The zero-order valence-corrected chi connectivity index (χ0v) is 11.5. The number of H-pyrrole nitrogens is 1. The van der Waals surface area contributed by atoms with Gasteiger partial charge in [0.05, 0.1) is 5.75 Å². The van der Waals surface area contributed by atoms with E-state index in [0.717, 1.165) is 20.7 Å². The van der Waals surface area contributed by atoms with Crippen LogP contribution in [0.5, 0.6) is 0 Å². The number of rotatable bonds is 3. The summed E-state index contributed by atoms with van der Waals surface area (Å²) in [6, 6.07) is 9.91. The van der Waals surface area contributed by atoms with E-state index in [0.29, 0.717) is 0 Å². The van der Waals surface area contributed by atoms with Gasteiger partial charge in [-0.05, 0) is 34.1 Å². The van der Waals surface area contributed by atoms with Crippen LogP contribution < -0.4 is 0 Å². The maximum absolute atomic E-state index is 5.04. The minimum absolute atomic E-state index is 0.720.